The number of hydrogen-bond acceptors (Lipinski definition) is 6. The molecule has 1 aromatic heterocycles. The van der Waals surface area contributed by atoms with Crippen LogP contribution in [-0.4, -0.2) is 60.7 Å². The number of rotatable bonds is 13. The van der Waals surface area contributed by atoms with Crippen LogP contribution in [0.25, 0.3) is 10.4 Å². The van der Waals surface area contributed by atoms with Crippen molar-refractivity contribution in [1.82, 2.24) is 9.62 Å². The molecule has 1 heterocycles. The van der Waals surface area contributed by atoms with Gasteiger partial charge in [-0.05, 0) is 79.8 Å². The third-order valence-electron chi connectivity index (χ3n) is 7.33. The van der Waals surface area contributed by atoms with Crippen molar-refractivity contribution in [3.63, 3.8) is 0 Å². The van der Waals surface area contributed by atoms with E-state index in [0.717, 1.165) is 35.3 Å². The van der Waals surface area contributed by atoms with Crippen molar-refractivity contribution >= 4 is 27.3 Å². The first kappa shape index (κ1) is 29.4. The van der Waals surface area contributed by atoms with Crippen LogP contribution in [0.2, 0.25) is 0 Å². The Morgan fingerprint density at radius 1 is 1.08 bits per heavy atom. The normalized spacial score (nSPS) is 15.0. The van der Waals surface area contributed by atoms with Crippen molar-refractivity contribution in [1.29, 1.82) is 0 Å². The van der Waals surface area contributed by atoms with Gasteiger partial charge in [0.2, 0.25) is 0 Å². The van der Waals surface area contributed by atoms with Crippen LogP contribution in [0.3, 0.4) is 0 Å². The Hall–Kier alpha value is -2.56. The number of aliphatic hydroxyl groups excluding tert-OH is 1. The molecule has 0 aliphatic heterocycles. The number of carboxylic acids is 1. The minimum Gasteiger partial charge on any atom is -0.481 e. The maximum Gasteiger partial charge on any atom is 0.303 e. The number of aliphatic carboxylic acids is 1. The number of β-amino-alcohol motifs (C(OH)–C–C–N with tert-alkyl or cyclic N) is 1. The molecule has 0 saturated heterocycles. The molecule has 0 fully saturated rings. The van der Waals surface area contributed by atoms with Crippen LogP contribution >= 0.6 is 11.3 Å². The van der Waals surface area contributed by atoms with Gasteiger partial charge in [-0.3, -0.25) is 4.79 Å². The molecular weight excluding hydrogens is 532 g/mol. The molecule has 3 N–H and O–H groups in total. The van der Waals surface area contributed by atoms with Gasteiger partial charge in [0.25, 0.3) is 10.0 Å². The lowest BCUT2D eigenvalue weighted by molar-refractivity contribution is -0.136. The van der Waals surface area contributed by atoms with Gasteiger partial charge in [0.1, 0.15) is 4.21 Å². The van der Waals surface area contributed by atoms with Crippen molar-refractivity contribution in [3.8, 4) is 10.4 Å². The standard InChI is InChI=1S/C30H38N2O5S2/c1-30(2,18-22-16-24-6-4-5-7-25(24)17-22)31-19-26(33)20-32(3)39(36,37)29-15-13-27(38-29)23-11-8-21(9-12-23)10-14-28(34)35/h4-9,11-13,15,22,26,31,33H,10,14,16-20H2,1-3H3,(H,34,35). The Bertz CT molecular complexity index is 1360. The number of carbonyl (C=O) groups is 1. The molecule has 2 aromatic carbocycles. The van der Waals surface area contributed by atoms with Gasteiger partial charge in [0.15, 0.2) is 0 Å². The van der Waals surface area contributed by atoms with E-state index in [2.05, 4.69) is 43.4 Å². The number of hydrogen-bond donors (Lipinski definition) is 3. The number of carboxylic acid groups (broad SMARTS) is 1. The number of benzene rings is 2. The average Bonchev–Trinajstić information content (AvgIpc) is 3.54. The van der Waals surface area contributed by atoms with Gasteiger partial charge in [-0.2, -0.15) is 4.31 Å². The molecule has 0 amide bonds. The van der Waals surface area contributed by atoms with Crippen LogP contribution in [0.1, 0.15) is 43.4 Å². The largest absolute Gasteiger partial charge is 0.481 e. The molecule has 1 aliphatic carbocycles. The van der Waals surface area contributed by atoms with E-state index >= 15 is 0 Å². The fourth-order valence-corrected chi connectivity index (χ4v) is 8.03. The molecule has 0 radical (unpaired) electrons. The molecule has 3 aromatic rings. The SMILES string of the molecule is CN(CC(O)CNC(C)(C)CC1Cc2ccccc2C1)S(=O)(=O)c1ccc(-c2ccc(CCC(=O)O)cc2)s1. The summed E-state index contributed by atoms with van der Waals surface area (Å²) in [5.74, 6) is -0.282. The lowest BCUT2D eigenvalue weighted by atomic mass is 9.88. The van der Waals surface area contributed by atoms with E-state index in [1.165, 1.54) is 33.8 Å². The maximum absolute atomic E-state index is 13.2. The highest BCUT2D eigenvalue weighted by Crippen LogP contribution is 2.33. The van der Waals surface area contributed by atoms with Gasteiger partial charge in [0, 0.05) is 37.0 Å². The van der Waals surface area contributed by atoms with E-state index in [4.69, 9.17) is 5.11 Å². The first-order valence-corrected chi connectivity index (χ1v) is 15.6. The van der Waals surface area contributed by atoms with E-state index in [9.17, 15) is 18.3 Å². The molecule has 0 bridgehead atoms. The molecular formula is C30H38N2O5S2. The Balaban J connectivity index is 1.29. The van der Waals surface area contributed by atoms with Crippen molar-refractivity contribution in [2.75, 3.05) is 20.1 Å². The Kier molecular flexibility index (Phi) is 9.29. The second kappa shape index (κ2) is 12.3. The molecule has 1 aliphatic rings. The highest BCUT2D eigenvalue weighted by atomic mass is 32.2. The minimum atomic E-state index is -3.75. The first-order chi connectivity index (χ1) is 18.4. The first-order valence-electron chi connectivity index (χ1n) is 13.3. The number of fused-ring (bicyclic) bond motifs is 1. The van der Waals surface area contributed by atoms with Crippen LogP contribution in [0.15, 0.2) is 64.9 Å². The van der Waals surface area contributed by atoms with Crippen LogP contribution in [0, 0.1) is 5.92 Å². The maximum atomic E-state index is 13.2. The van der Waals surface area contributed by atoms with Gasteiger partial charge < -0.3 is 15.5 Å². The van der Waals surface area contributed by atoms with Crippen molar-refractivity contribution in [2.24, 2.45) is 5.92 Å². The molecule has 210 valence electrons. The summed E-state index contributed by atoms with van der Waals surface area (Å²) in [6, 6.07) is 19.5. The quantitative estimate of drug-likeness (QED) is 0.278. The van der Waals surface area contributed by atoms with E-state index in [-0.39, 0.29) is 22.7 Å². The average molecular weight is 571 g/mol. The minimum absolute atomic E-state index is 0.00814. The molecule has 1 atom stereocenters. The summed E-state index contributed by atoms with van der Waals surface area (Å²) in [4.78, 5) is 11.6. The zero-order valence-electron chi connectivity index (χ0n) is 22.8. The van der Waals surface area contributed by atoms with E-state index < -0.39 is 22.1 Å². The summed E-state index contributed by atoms with van der Waals surface area (Å²) < 4.78 is 27.8. The predicted molar refractivity (Wildman–Crippen MR) is 156 cm³/mol. The Morgan fingerprint density at radius 2 is 1.72 bits per heavy atom. The molecule has 0 saturated carbocycles. The monoisotopic (exact) mass is 570 g/mol. The van der Waals surface area contributed by atoms with Gasteiger partial charge in [-0.1, -0.05) is 48.5 Å². The number of nitrogens with zero attached hydrogens (tertiary/aromatic N) is 1. The number of aryl methyl sites for hydroxylation is 1. The van der Waals surface area contributed by atoms with Gasteiger partial charge >= 0.3 is 5.97 Å². The van der Waals surface area contributed by atoms with E-state index in [1.54, 1.807) is 12.1 Å². The molecule has 0 spiro atoms. The van der Waals surface area contributed by atoms with Crippen LogP contribution < -0.4 is 5.32 Å². The summed E-state index contributed by atoms with van der Waals surface area (Å²) in [5.41, 5.74) is 4.46. The summed E-state index contributed by atoms with van der Waals surface area (Å²) in [6.45, 7) is 4.56. The molecule has 4 rings (SSSR count). The van der Waals surface area contributed by atoms with Gasteiger partial charge in [-0.15, -0.1) is 11.3 Å². The number of likely N-dealkylation sites (N-methyl/N-ethyl adjacent to an activating group) is 1. The predicted octanol–water partition coefficient (Wildman–Crippen LogP) is 4.59. The molecule has 39 heavy (non-hydrogen) atoms. The van der Waals surface area contributed by atoms with Crippen LogP contribution in [-0.2, 0) is 34.1 Å². The molecule has 9 heteroatoms. The van der Waals surface area contributed by atoms with Crippen molar-refractivity contribution in [2.45, 2.75) is 61.8 Å². The fraction of sp³-hybridized carbons (Fsp3) is 0.433. The second-order valence-corrected chi connectivity index (χ2v) is 14.5. The van der Waals surface area contributed by atoms with Gasteiger partial charge in [0.05, 0.1) is 6.10 Å². The smallest absolute Gasteiger partial charge is 0.303 e. The lowest BCUT2D eigenvalue weighted by Crippen LogP contribution is -2.47. The number of nitrogens with one attached hydrogen (secondary N) is 1. The zero-order chi connectivity index (χ0) is 28.2. The number of thiophene rings is 1. The third kappa shape index (κ3) is 7.77. The van der Waals surface area contributed by atoms with Crippen LogP contribution in [0.4, 0.5) is 0 Å². The fourth-order valence-electron chi connectivity index (χ4n) is 5.30. The number of aliphatic hydroxyl groups is 1. The van der Waals surface area contributed by atoms with E-state index in [1.807, 2.05) is 24.3 Å². The second-order valence-electron chi connectivity index (χ2n) is 11.2. The van der Waals surface area contributed by atoms with E-state index in [0.29, 0.717) is 18.9 Å². The highest BCUT2D eigenvalue weighted by molar-refractivity contribution is 7.91. The van der Waals surface area contributed by atoms with Crippen LogP contribution in [0.5, 0.6) is 0 Å². The summed E-state index contributed by atoms with van der Waals surface area (Å²) in [7, 11) is -2.26. The lowest BCUT2D eigenvalue weighted by Gasteiger charge is -2.31. The van der Waals surface area contributed by atoms with Crippen molar-refractivity contribution < 1.29 is 23.4 Å². The Morgan fingerprint density at radius 3 is 2.33 bits per heavy atom. The Labute approximate surface area is 235 Å². The topological polar surface area (TPSA) is 107 Å². The van der Waals surface area contributed by atoms with Crippen molar-refractivity contribution in [3.05, 3.63) is 77.4 Å². The molecule has 7 nitrogen and oxygen atoms in total. The van der Waals surface area contributed by atoms with Gasteiger partial charge in [-0.25, -0.2) is 8.42 Å². The summed E-state index contributed by atoms with van der Waals surface area (Å²) >= 11 is 1.18. The third-order valence-corrected chi connectivity index (χ3v) is 10.8. The summed E-state index contributed by atoms with van der Waals surface area (Å²) in [5, 5.41) is 23.0. The summed E-state index contributed by atoms with van der Waals surface area (Å²) in [6.07, 6.45) is 2.80. The molecule has 1 unspecified atom stereocenters. The number of sulfonamides is 1. The highest BCUT2D eigenvalue weighted by Gasteiger charge is 2.30. The zero-order valence-corrected chi connectivity index (χ0v) is 24.4.